The van der Waals surface area contributed by atoms with Gasteiger partial charge in [-0.2, -0.15) is 0 Å². The van der Waals surface area contributed by atoms with E-state index in [1.807, 2.05) is 0 Å². The Bertz CT molecular complexity index is 1020. The number of aromatic hydroxyl groups is 2. The van der Waals surface area contributed by atoms with Crippen LogP contribution in [0.4, 0.5) is 0 Å². The third-order valence-corrected chi connectivity index (χ3v) is 5.25. The van der Waals surface area contributed by atoms with Crippen LogP contribution >= 0.6 is 0 Å². The number of carbonyl (C=O) groups is 2. The van der Waals surface area contributed by atoms with E-state index in [0.29, 0.717) is 12.0 Å². The molecule has 4 N–H and O–H groups in total. The van der Waals surface area contributed by atoms with Crippen LogP contribution in [0.5, 0.6) is 11.5 Å². The second-order valence-corrected chi connectivity index (χ2v) is 7.14. The van der Waals surface area contributed by atoms with E-state index in [4.69, 9.17) is 19.9 Å². The van der Waals surface area contributed by atoms with Gasteiger partial charge in [-0.15, -0.1) is 0 Å². The number of ether oxygens (including phenoxy) is 3. The summed E-state index contributed by atoms with van der Waals surface area (Å²) >= 11 is 0. The van der Waals surface area contributed by atoms with E-state index >= 15 is 0 Å². The second-order valence-electron chi connectivity index (χ2n) is 7.14. The fraction of sp³-hybridized carbons (Fsp3) is 0.300. The summed E-state index contributed by atoms with van der Waals surface area (Å²) in [6.45, 7) is 0.0595. The Hall–Kier alpha value is -2.78. The molecule has 28 heavy (non-hydrogen) atoms. The first kappa shape index (κ1) is 17.3. The van der Waals surface area contributed by atoms with Gasteiger partial charge in [-0.1, -0.05) is 12.1 Å². The Morgan fingerprint density at radius 3 is 2.61 bits per heavy atom. The highest BCUT2D eigenvalue weighted by Crippen LogP contribution is 2.38. The number of benzene rings is 2. The minimum Gasteiger partial charge on any atom is -0.507 e. The Morgan fingerprint density at radius 1 is 1.04 bits per heavy atom. The standard InChI is InChI=1S/C20H17NO7/c21-11-6-14(27-20-19(11)28-20)26-7-8-4-10-16(13(23)5-8)18(25)15-9(17(10)24)2-1-3-12(15)22/h1-5,11,14,19-20,22-23H,6-7,21H2/t11?,14-,19+,20?/m0/s1. The van der Waals surface area contributed by atoms with E-state index in [9.17, 15) is 19.8 Å². The zero-order valence-electron chi connectivity index (χ0n) is 14.6. The zero-order valence-corrected chi connectivity index (χ0v) is 14.6. The highest BCUT2D eigenvalue weighted by molar-refractivity contribution is 6.30. The molecule has 8 heteroatoms. The monoisotopic (exact) mass is 383 g/mol. The summed E-state index contributed by atoms with van der Waals surface area (Å²) in [5, 5.41) is 20.4. The normalized spacial score (nSPS) is 27.8. The van der Waals surface area contributed by atoms with Gasteiger partial charge in [0.2, 0.25) is 5.78 Å². The van der Waals surface area contributed by atoms with E-state index in [-0.39, 0.29) is 58.8 Å². The fourth-order valence-electron chi connectivity index (χ4n) is 3.80. The second kappa shape index (κ2) is 6.11. The quantitative estimate of drug-likeness (QED) is 0.575. The maximum atomic E-state index is 12.8. The van der Waals surface area contributed by atoms with Crippen molar-refractivity contribution < 1.29 is 34.0 Å². The van der Waals surface area contributed by atoms with Crippen molar-refractivity contribution in [3.63, 3.8) is 0 Å². The molecule has 0 bridgehead atoms. The molecule has 2 saturated heterocycles. The molecule has 3 aliphatic rings. The summed E-state index contributed by atoms with van der Waals surface area (Å²) in [5.74, 6) is -1.66. The van der Waals surface area contributed by atoms with Crippen LogP contribution in [0.3, 0.4) is 0 Å². The highest BCUT2D eigenvalue weighted by atomic mass is 16.8. The lowest BCUT2D eigenvalue weighted by Crippen LogP contribution is -2.39. The van der Waals surface area contributed by atoms with Gasteiger partial charge in [0.05, 0.1) is 17.7 Å². The van der Waals surface area contributed by atoms with Crippen LogP contribution in [0.25, 0.3) is 0 Å². The minimum absolute atomic E-state index is 0.0595. The summed E-state index contributed by atoms with van der Waals surface area (Å²) in [6, 6.07) is 7.02. The molecular weight excluding hydrogens is 366 g/mol. The van der Waals surface area contributed by atoms with Crippen LogP contribution in [-0.2, 0) is 20.8 Å². The zero-order chi connectivity index (χ0) is 19.6. The fourth-order valence-corrected chi connectivity index (χ4v) is 3.80. The van der Waals surface area contributed by atoms with Crippen LogP contribution in [0.15, 0.2) is 30.3 Å². The van der Waals surface area contributed by atoms with Crippen molar-refractivity contribution in [3.8, 4) is 11.5 Å². The number of fused-ring (bicyclic) bond motifs is 3. The average molecular weight is 383 g/mol. The van der Waals surface area contributed by atoms with Crippen LogP contribution in [0, 0.1) is 0 Å². The molecule has 0 radical (unpaired) electrons. The van der Waals surface area contributed by atoms with Gasteiger partial charge in [0.15, 0.2) is 18.4 Å². The number of rotatable bonds is 3. The van der Waals surface area contributed by atoms with Crippen molar-refractivity contribution in [2.75, 3.05) is 0 Å². The topological polar surface area (TPSA) is 132 Å². The third-order valence-electron chi connectivity index (χ3n) is 5.25. The molecule has 144 valence electrons. The van der Waals surface area contributed by atoms with E-state index in [1.165, 1.54) is 30.3 Å². The molecule has 5 rings (SSSR count). The predicted molar refractivity (Wildman–Crippen MR) is 94.0 cm³/mol. The first-order chi connectivity index (χ1) is 13.4. The smallest absolute Gasteiger partial charge is 0.201 e. The Kier molecular flexibility index (Phi) is 3.78. The molecule has 2 fully saturated rings. The van der Waals surface area contributed by atoms with Crippen molar-refractivity contribution in [2.45, 2.75) is 37.8 Å². The lowest BCUT2D eigenvalue weighted by Gasteiger charge is -2.24. The number of phenols is 2. The molecule has 2 unspecified atom stereocenters. The van der Waals surface area contributed by atoms with E-state index in [1.54, 1.807) is 0 Å². The van der Waals surface area contributed by atoms with Crippen molar-refractivity contribution in [2.24, 2.45) is 5.73 Å². The maximum absolute atomic E-state index is 12.8. The van der Waals surface area contributed by atoms with E-state index in [2.05, 4.69) is 0 Å². The number of ketones is 2. The number of phenolic OH excluding ortho intramolecular Hbond substituents is 2. The largest absolute Gasteiger partial charge is 0.507 e. The van der Waals surface area contributed by atoms with Crippen molar-refractivity contribution in [1.29, 1.82) is 0 Å². The van der Waals surface area contributed by atoms with Crippen LogP contribution in [-0.4, -0.2) is 46.5 Å². The van der Waals surface area contributed by atoms with Crippen molar-refractivity contribution >= 4 is 11.6 Å². The van der Waals surface area contributed by atoms with Crippen LogP contribution < -0.4 is 5.73 Å². The Balaban J connectivity index is 1.42. The van der Waals surface area contributed by atoms with Gasteiger partial charge in [0, 0.05) is 23.6 Å². The van der Waals surface area contributed by atoms with Gasteiger partial charge < -0.3 is 30.2 Å². The molecule has 2 aliphatic heterocycles. The molecular formula is C20H17NO7. The third kappa shape index (κ3) is 2.61. The molecule has 4 atom stereocenters. The van der Waals surface area contributed by atoms with Gasteiger partial charge in [-0.3, -0.25) is 9.59 Å². The number of hydrogen-bond acceptors (Lipinski definition) is 8. The predicted octanol–water partition coefficient (Wildman–Crippen LogP) is 1.19. The van der Waals surface area contributed by atoms with Crippen molar-refractivity contribution in [3.05, 3.63) is 58.1 Å². The van der Waals surface area contributed by atoms with Gasteiger partial charge in [0.25, 0.3) is 0 Å². The molecule has 0 saturated carbocycles. The summed E-state index contributed by atoms with van der Waals surface area (Å²) in [6.07, 6.45) is -0.490. The maximum Gasteiger partial charge on any atom is 0.201 e. The summed E-state index contributed by atoms with van der Waals surface area (Å²) in [4.78, 5) is 25.6. The number of hydrogen-bond donors (Lipinski definition) is 3. The summed E-state index contributed by atoms with van der Waals surface area (Å²) in [5.41, 5.74) is 6.44. The minimum atomic E-state index is -0.592. The van der Waals surface area contributed by atoms with E-state index < -0.39 is 17.9 Å². The lowest BCUT2D eigenvalue weighted by molar-refractivity contribution is -0.185. The van der Waals surface area contributed by atoms with Gasteiger partial charge >= 0.3 is 0 Å². The molecule has 0 amide bonds. The Labute approximate surface area is 159 Å². The van der Waals surface area contributed by atoms with Crippen LogP contribution in [0.2, 0.25) is 0 Å². The van der Waals surface area contributed by atoms with E-state index in [0.717, 1.165) is 0 Å². The summed E-state index contributed by atoms with van der Waals surface area (Å²) in [7, 11) is 0. The number of epoxide rings is 1. The SMILES string of the molecule is NC1C[C@@H](OCc2cc(O)c3c(c2)C(=O)c2cccc(O)c2C3=O)OC2O[C@H]12. The molecule has 2 heterocycles. The molecule has 0 aromatic heterocycles. The molecule has 2 aromatic carbocycles. The van der Waals surface area contributed by atoms with Gasteiger partial charge in [-0.25, -0.2) is 0 Å². The average Bonchev–Trinajstić information content (AvgIpc) is 3.44. The first-order valence-electron chi connectivity index (χ1n) is 8.89. The van der Waals surface area contributed by atoms with Crippen LogP contribution in [0.1, 0.15) is 43.8 Å². The van der Waals surface area contributed by atoms with Gasteiger partial charge in [-0.05, 0) is 23.8 Å². The van der Waals surface area contributed by atoms with Crippen molar-refractivity contribution in [1.82, 2.24) is 0 Å². The first-order valence-corrected chi connectivity index (χ1v) is 8.89. The molecule has 1 aliphatic carbocycles. The number of carbonyl (C=O) groups excluding carboxylic acids is 2. The highest BCUT2D eigenvalue weighted by Gasteiger charge is 2.51. The molecule has 0 spiro atoms. The molecule has 8 nitrogen and oxygen atoms in total. The summed E-state index contributed by atoms with van der Waals surface area (Å²) < 4.78 is 16.5. The molecule has 2 aromatic rings. The Morgan fingerprint density at radius 2 is 1.82 bits per heavy atom. The lowest BCUT2D eigenvalue weighted by atomic mass is 9.82. The number of nitrogens with two attached hydrogens (primary N) is 1. The van der Waals surface area contributed by atoms with Gasteiger partial charge in [0.1, 0.15) is 17.6 Å².